The van der Waals surface area contributed by atoms with Gasteiger partial charge in [0.15, 0.2) is 0 Å². The van der Waals surface area contributed by atoms with Crippen molar-refractivity contribution in [3.63, 3.8) is 0 Å². The van der Waals surface area contributed by atoms with Crippen molar-refractivity contribution >= 4 is 11.4 Å². The Morgan fingerprint density at radius 3 is 2.67 bits per heavy atom. The van der Waals surface area contributed by atoms with Crippen LogP contribution in [0.25, 0.3) is 0 Å². The number of nitrogens with zero attached hydrogens (tertiary/aromatic N) is 1. The van der Waals surface area contributed by atoms with Gasteiger partial charge in [0.1, 0.15) is 11.6 Å². The Hall–Kier alpha value is -2.63. The smallest absolute Gasteiger partial charge is 0.311 e. The summed E-state index contributed by atoms with van der Waals surface area (Å²) >= 11 is 0. The van der Waals surface area contributed by atoms with Gasteiger partial charge in [-0.25, -0.2) is 4.39 Å². The lowest BCUT2D eigenvalue weighted by Gasteiger charge is -2.06. The molecule has 0 spiro atoms. The van der Waals surface area contributed by atoms with Gasteiger partial charge < -0.3 is 10.5 Å². The van der Waals surface area contributed by atoms with Crippen LogP contribution >= 0.6 is 0 Å². The number of anilines is 1. The van der Waals surface area contributed by atoms with Crippen LogP contribution in [0.1, 0.15) is 0 Å². The minimum atomic E-state index is -0.638. The Morgan fingerprint density at radius 1 is 1.22 bits per heavy atom. The fourth-order valence-electron chi connectivity index (χ4n) is 1.43. The molecular weight excluding hydrogens is 239 g/mol. The number of nitrogens with two attached hydrogens (primary N) is 1. The molecule has 2 rings (SSSR count). The molecule has 0 saturated heterocycles. The second-order valence-corrected chi connectivity index (χ2v) is 3.54. The van der Waals surface area contributed by atoms with Crippen LogP contribution in [0.2, 0.25) is 0 Å². The van der Waals surface area contributed by atoms with Crippen LogP contribution in [0.15, 0.2) is 42.5 Å². The second-order valence-electron chi connectivity index (χ2n) is 3.54. The van der Waals surface area contributed by atoms with E-state index < -0.39 is 10.7 Å². The summed E-state index contributed by atoms with van der Waals surface area (Å²) < 4.78 is 18.3. The fourth-order valence-corrected chi connectivity index (χ4v) is 1.43. The van der Waals surface area contributed by atoms with Crippen LogP contribution in [0, 0.1) is 15.9 Å². The van der Waals surface area contributed by atoms with Gasteiger partial charge >= 0.3 is 5.69 Å². The van der Waals surface area contributed by atoms with Gasteiger partial charge in [-0.05, 0) is 18.2 Å². The molecular formula is C12H9FN2O3. The Bertz CT molecular complexity index is 602. The van der Waals surface area contributed by atoms with Gasteiger partial charge in [-0.2, -0.15) is 0 Å². The normalized spacial score (nSPS) is 10.1. The van der Waals surface area contributed by atoms with Crippen molar-refractivity contribution in [3.8, 4) is 11.5 Å². The van der Waals surface area contributed by atoms with Crippen molar-refractivity contribution in [1.29, 1.82) is 0 Å². The highest BCUT2D eigenvalue weighted by atomic mass is 19.1. The third-order valence-electron chi connectivity index (χ3n) is 2.20. The Kier molecular flexibility index (Phi) is 3.09. The number of ether oxygens (including phenoxy) is 1. The third kappa shape index (κ3) is 2.54. The molecule has 18 heavy (non-hydrogen) atoms. The van der Waals surface area contributed by atoms with Gasteiger partial charge in [0, 0.05) is 23.9 Å². The molecule has 0 unspecified atom stereocenters. The first-order valence-electron chi connectivity index (χ1n) is 5.03. The minimum Gasteiger partial charge on any atom is -0.450 e. The van der Waals surface area contributed by atoms with E-state index in [4.69, 9.17) is 10.5 Å². The highest BCUT2D eigenvalue weighted by molar-refractivity contribution is 5.50. The molecule has 2 aromatic rings. The number of hydrogen-bond donors (Lipinski definition) is 1. The summed E-state index contributed by atoms with van der Waals surface area (Å²) in [5.41, 5.74) is 5.70. The molecule has 6 heteroatoms. The minimum absolute atomic E-state index is 0.161. The Morgan fingerprint density at radius 2 is 2.00 bits per heavy atom. The first kappa shape index (κ1) is 11.8. The maximum Gasteiger partial charge on any atom is 0.311 e. The molecule has 0 heterocycles. The summed E-state index contributed by atoms with van der Waals surface area (Å²) in [4.78, 5) is 10.1. The molecule has 0 radical (unpaired) electrons. The third-order valence-corrected chi connectivity index (χ3v) is 2.20. The van der Waals surface area contributed by atoms with Crippen LogP contribution in [0.3, 0.4) is 0 Å². The molecule has 0 fully saturated rings. The summed E-state index contributed by atoms with van der Waals surface area (Å²) in [6.07, 6.45) is 0. The second kappa shape index (κ2) is 4.70. The number of nitro groups is 1. The first-order valence-corrected chi connectivity index (χ1v) is 5.03. The maximum absolute atomic E-state index is 13.1. The van der Waals surface area contributed by atoms with Crippen molar-refractivity contribution in [2.24, 2.45) is 0 Å². The van der Waals surface area contributed by atoms with E-state index in [0.29, 0.717) is 11.4 Å². The average Bonchev–Trinajstić information content (AvgIpc) is 2.28. The molecule has 0 bridgehead atoms. The number of nitrogen functional groups attached to an aromatic ring is 1. The summed E-state index contributed by atoms with van der Waals surface area (Å²) in [5.74, 6) is -0.464. The van der Waals surface area contributed by atoms with Crippen LogP contribution in [0.4, 0.5) is 15.8 Å². The Labute approximate surface area is 102 Å². The van der Waals surface area contributed by atoms with Crippen LogP contribution in [0.5, 0.6) is 11.5 Å². The standard InChI is InChI=1S/C12H9FN2O3/c13-8-4-5-11(15(16)17)12(6-8)18-10-3-1-2-9(14)7-10/h1-7H,14H2. The molecule has 0 atom stereocenters. The molecule has 0 amide bonds. The number of halogens is 1. The van der Waals surface area contributed by atoms with E-state index in [1.807, 2.05) is 0 Å². The molecule has 5 nitrogen and oxygen atoms in total. The fraction of sp³-hybridized carbons (Fsp3) is 0. The SMILES string of the molecule is Nc1cccc(Oc2cc(F)ccc2[N+](=O)[O-])c1. The van der Waals surface area contributed by atoms with Crippen LogP contribution < -0.4 is 10.5 Å². The lowest BCUT2D eigenvalue weighted by molar-refractivity contribution is -0.385. The predicted octanol–water partition coefficient (Wildman–Crippen LogP) is 3.11. The highest BCUT2D eigenvalue weighted by Gasteiger charge is 2.16. The largest absolute Gasteiger partial charge is 0.450 e. The summed E-state index contributed by atoms with van der Waals surface area (Å²) in [6.45, 7) is 0. The molecule has 92 valence electrons. The zero-order chi connectivity index (χ0) is 13.1. The van der Waals surface area contributed by atoms with Gasteiger partial charge in [-0.15, -0.1) is 0 Å². The molecule has 0 aliphatic heterocycles. The lowest BCUT2D eigenvalue weighted by Crippen LogP contribution is -1.94. The summed E-state index contributed by atoms with van der Waals surface area (Å²) in [7, 11) is 0. The van der Waals surface area contributed by atoms with Crippen LogP contribution in [-0.4, -0.2) is 4.92 Å². The van der Waals surface area contributed by atoms with Crippen molar-refractivity contribution in [2.45, 2.75) is 0 Å². The highest BCUT2D eigenvalue weighted by Crippen LogP contribution is 2.32. The van der Waals surface area contributed by atoms with E-state index in [-0.39, 0.29) is 11.4 Å². The van der Waals surface area contributed by atoms with Crippen molar-refractivity contribution in [1.82, 2.24) is 0 Å². The van der Waals surface area contributed by atoms with E-state index >= 15 is 0 Å². The van der Waals surface area contributed by atoms with Crippen molar-refractivity contribution in [2.75, 3.05) is 5.73 Å². The summed E-state index contributed by atoms with van der Waals surface area (Å²) in [5, 5.41) is 10.8. The van der Waals surface area contributed by atoms with Crippen molar-refractivity contribution < 1.29 is 14.1 Å². The lowest BCUT2D eigenvalue weighted by atomic mass is 10.2. The van der Waals surface area contributed by atoms with Gasteiger partial charge in [-0.3, -0.25) is 10.1 Å². The molecule has 2 aromatic carbocycles. The number of benzene rings is 2. The zero-order valence-corrected chi connectivity index (χ0v) is 9.17. The predicted molar refractivity (Wildman–Crippen MR) is 64.0 cm³/mol. The number of rotatable bonds is 3. The van der Waals surface area contributed by atoms with Gasteiger partial charge in [-0.1, -0.05) is 6.07 Å². The average molecular weight is 248 g/mol. The molecule has 0 aromatic heterocycles. The number of nitro benzene ring substituents is 1. The van der Waals surface area contributed by atoms with E-state index in [1.165, 1.54) is 6.07 Å². The van der Waals surface area contributed by atoms with Gasteiger partial charge in [0.2, 0.25) is 5.75 Å². The van der Waals surface area contributed by atoms with Gasteiger partial charge in [0.05, 0.1) is 4.92 Å². The van der Waals surface area contributed by atoms with Crippen LogP contribution in [-0.2, 0) is 0 Å². The topological polar surface area (TPSA) is 78.4 Å². The monoisotopic (exact) mass is 248 g/mol. The first-order chi connectivity index (χ1) is 8.56. The molecule has 2 N–H and O–H groups in total. The molecule has 0 aliphatic rings. The zero-order valence-electron chi connectivity index (χ0n) is 9.17. The van der Waals surface area contributed by atoms with E-state index in [0.717, 1.165) is 18.2 Å². The van der Waals surface area contributed by atoms with E-state index in [9.17, 15) is 14.5 Å². The summed E-state index contributed by atoms with van der Waals surface area (Å²) in [6, 6.07) is 9.37. The Balaban J connectivity index is 2.39. The van der Waals surface area contributed by atoms with E-state index in [1.54, 1.807) is 18.2 Å². The number of hydrogen-bond acceptors (Lipinski definition) is 4. The maximum atomic E-state index is 13.1. The van der Waals surface area contributed by atoms with Crippen molar-refractivity contribution in [3.05, 3.63) is 58.4 Å². The molecule has 0 aliphatic carbocycles. The van der Waals surface area contributed by atoms with Gasteiger partial charge in [0.25, 0.3) is 0 Å². The molecule has 0 saturated carbocycles. The van der Waals surface area contributed by atoms with E-state index in [2.05, 4.69) is 0 Å². The quantitative estimate of drug-likeness (QED) is 0.514.